The van der Waals surface area contributed by atoms with E-state index in [0.717, 1.165) is 24.6 Å². The van der Waals surface area contributed by atoms with Gasteiger partial charge in [-0.1, -0.05) is 24.3 Å². The Morgan fingerprint density at radius 3 is 2.88 bits per heavy atom. The van der Waals surface area contributed by atoms with Crippen molar-refractivity contribution in [2.45, 2.75) is 25.7 Å². The molecule has 0 N–H and O–H groups in total. The van der Waals surface area contributed by atoms with Crippen molar-refractivity contribution in [2.24, 2.45) is 5.92 Å². The Balaban J connectivity index is 1.82. The van der Waals surface area contributed by atoms with Gasteiger partial charge in [0.1, 0.15) is 5.78 Å². The first-order valence-electron chi connectivity index (χ1n) is 6.19. The Hall–Kier alpha value is -1.70. The number of hydrogen-bond donors (Lipinski definition) is 0. The molecule has 1 aliphatic rings. The Morgan fingerprint density at radius 1 is 1.24 bits per heavy atom. The zero-order valence-electron chi connectivity index (χ0n) is 9.73. The van der Waals surface area contributed by atoms with E-state index in [1.54, 1.807) is 0 Å². The molecule has 0 unspecified atom stereocenters. The van der Waals surface area contributed by atoms with Crippen molar-refractivity contribution in [3.63, 3.8) is 0 Å². The van der Waals surface area contributed by atoms with Crippen LogP contribution in [0.4, 0.5) is 0 Å². The molecule has 1 fully saturated rings. The van der Waals surface area contributed by atoms with E-state index in [9.17, 15) is 4.79 Å². The Labute approximate surface area is 101 Å². The van der Waals surface area contributed by atoms with Gasteiger partial charge in [0.15, 0.2) is 0 Å². The van der Waals surface area contributed by atoms with Crippen LogP contribution < -0.4 is 0 Å². The van der Waals surface area contributed by atoms with E-state index in [0.29, 0.717) is 18.1 Å². The summed E-state index contributed by atoms with van der Waals surface area (Å²) < 4.78 is 0. The Bertz CT molecular complexity index is 552. The van der Waals surface area contributed by atoms with Crippen LogP contribution in [0, 0.1) is 5.92 Å². The van der Waals surface area contributed by atoms with Crippen LogP contribution in [0.25, 0.3) is 10.8 Å². The highest BCUT2D eigenvalue weighted by Gasteiger charge is 2.28. The fraction of sp³-hybridized carbons (Fsp3) is 0.333. The van der Waals surface area contributed by atoms with Gasteiger partial charge < -0.3 is 0 Å². The number of pyridine rings is 1. The molecule has 0 radical (unpaired) electrons. The number of carbonyl (C=O) groups excluding carboxylic acids is 1. The van der Waals surface area contributed by atoms with E-state index in [2.05, 4.69) is 17.1 Å². The molecule has 0 aliphatic heterocycles. The third-order valence-corrected chi connectivity index (χ3v) is 3.42. The maximum atomic E-state index is 11.7. The lowest BCUT2D eigenvalue weighted by atomic mass is 10.0. The fourth-order valence-corrected chi connectivity index (χ4v) is 2.25. The van der Waals surface area contributed by atoms with Crippen LogP contribution in [-0.2, 0) is 11.2 Å². The van der Waals surface area contributed by atoms with Crippen molar-refractivity contribution >= 4 is 16.6 Å². The van der Waals surface area contributed by atoms with E-state index in [4.69, 9.17) is 0 Å². The Kier molecular flexibility index (Phi) is 2.63. The van der Waals surface area contributed by atoms with Gasteiger partial charge in [0.2, 0.25) is 0 Å². The summed E-state index contributed by atoms with van der Waals surface area (Å²) in [6, 6.07) is 8.22. The Morgan fingerprint density at radius 2 is 2.06 bits per heavy atom. The average molecular weight is 225 g/mol. The lowest BCUT2D eigenvalue weighted by Crippen LogP contribution is -2.02. The second kappa shape index (κ2) is 4.28. The van der Waals surface area contributed by atoms with E-state index < -0.39 is 0 Å². The SMILES string of the molecule is O=C(CCc1cncc2ccccc12)C1CC1. The molecule has 0 spiro atoms. The third-order valence-electron chi connectivity index (χ3n) is 3.42. The number of rotatable bonds is 4. The predicted molar refractivity (Wildman–Crippen MR) is 67.8 cm³/mol. The number of benzene rings is 1. The molecule has 1 aliphatic carbocycles. The van der Waals surface area contributed by atoms with Crippen molar-refractivity contribution in [3.05, 3.63) is 42.2 Å². The molecule has 0 atom stereocenters. The number of fused-ring (bicyclic) bond motifs is 1. The molecule has 1 aromatic heterocycles. The quantitative estimate of drug-likeness (QED) is 0.800. The monoisotopic (exact) mass is 225 g/mol. The number of hydrogen-bond acceptors (Lipinski definition) is 2. The molecule has 17 heavy (non-hydrogen) atoms. The number of Topliss-reactive ketones (excluding diaryl/α,β-unsaturated/α-hetero) is 1. The summed E-state index contributed by atoms with van der Waals surface area (Å²) in [5.74, 6) is 0.802. The summed E-state index contributed by atoms with van der Waals surface area (Å²) in [5, 5.41) is 2.38. The average Bonchev–Trinajstić information content (AvgIpc) is 3.20. The number of ketones is 1. The van der Waals surface area contributed by atoms with Crippen molar-refractivity contribution in [1.29, 1.82) is 0 Å². The first-order valence-corrected chi connectivity index (χ1v) is 6.19. The van der Waals surface area contributed by atoms with Gasteiger partial charge in [0.25, 0.3) is 0 Å². The molecule has 1 heterocycles. The molecule has 1 saturated carbocycles. The second-order valence-electron chi connectivity index (χ2n) is 4.76. The van der Waals surface area contributed by atoms with E-state index in [-0.39, 0.29) is 0 Å². The lowest BCUT2D eigenvalue weighted by Gasteiger charge is -2.05. The molecule has 2 aromatic rings. The number of aromatic nitrogens is 1. The predicted octanol–water partition coefficient (Wildman–Crippen LogP) is 3.15. The summed E-state index contributed by atoms with van der Waals surface area (Å²) in [6.45, 7) is 0. The van der Waals surface area contributed by atoms with Gasteiger partial charge in [0, 0.05) is 30.1 Å². The maximum absolute atomic E-state index is 11.7. The largest absolute Gasteiger partial charge is 0.299 e. The topological polar surface area (TPSA) is 30.0 Å². The van der Waals surface area contributed by atoms with Crippen molar-refractivity contribution < 1.29 is 4.79 Å². The van der Waals surface area contributed by atoms with Gasteiger partial charge in [-0.3, -0.25) is 9.78 Å². The minimum atomic E-state index is 0.373. The molecule has 0 amide bonds. The first kappa shape index (κ1) is 10.5. The molecule has 86 valence electrons. The molecule has 2 heteroatoms. The van der Waals surface area contributed by atoms with Crippen LogP contribution >= 0.6 is 0 Å². The highest BCUT2D eigenvalue weighted by molar-refractivity contribution is 5.86. The standard InChI is InChI=1S/C15H15NO/c17-15(11-5-6-11)8-7-13-10-16-9-12-3-1-2-4-14(12)13/h1-4,9-11H,5-8H2. The van der Waals surface area contributed by atoms with Gasteiger partial charge in [-0.25, -0.2) is 0 Å². The van der Waals surface area contributed by atoms with Gasteiger partial charge in [-0.05, 0) is 30.2 Å². The van der Waals surface area contributed by atoms with Crippen molar-refractivity contribution in [3.8, 4) is 0 Å². The molecular formula is C15H15NO. The van der Waals surface area contributed by atoms with Crippen molar-refractivity contribution in [2.75, 3.05) is 0 Å². The van der Waals surface area contributed by atoms with Crippen LogP contribution in [0.3, 0.4) is 0 Å². The molecule has 0 bridgehead atoms. The van der Waals surface area contributed by atoms with E-state index >= 15 is 0 Å². The van der Waals surface area contributed by atoms with Crippen molar-refractivity contribution in [1.82, 2.24) is 4.98 Å². The summed E-state index contributed by atoms with van der Waals surface area (Å²) in [6.07, 6.45) is 7.47. The molecule has 0 saturated heterocycles. The van der Waals surface area contributed by atoms with E-state index in [1.165, 1.54) is 10.9 Å². The minimum Gasteiger partial charge on any atom is -0.299 e. The van der Waals surface area contributed by atoms with Crippen LogP contribution in [-0.4, -0.2) is 10.8 Å². The summed E-state index contributed by atoms with van der Waals surface area (Å²) in [4.78, 5) is 15.9. The first-order chi connectivity index (χ1) is 8.34. The van der Waals surface area contributed by atoms with Crippen LogP contribution in [0.1, 0.15) is 24.8 Å². The molecule has 1 aromatic carbocycles. The minimum absolute atomic E-state index is 0.373. The van der Waals surface area contributed by atoms with Gasteiger partial charge >= 0.3 is 0 Å². The normalized spacial score (nSPS) is 15.1. The summed E-state index contributed by atoms with van der Waals surface area (Å²) in [7, 11) is 0. The zero-order valence-corrected chi connectivity index (χ0v) is 9.73. The lowest BCUT2D eigenvalue weighted by molar-refractivity contribution is -0.120. The molecule has 3 rings (SSSR count). The highest BCUT2D eigenvalue weighted by atomic mass is 16.1. The number of nitrogens with zero attached hydrogens (tertiary/aromatic N) is 1. The second-order valence-corrected chi connectivity index (χ2v) is 4.76. The van der Waals surface area contributed by atoms with Crippen LogP contribution in [0.5, 0.6) is 0 Å². The number of carbonyl (C=O) groups is 1. The molecule has 2 nitrogen and oxygen atoms in total. The van der Waals surface area contributed by atoms with Gasteiger partial charge in [-0.2, -0.15) is 0 Å². The van der Waals surface area contributed by atoms with E-state index in [1.807, 2.05) is 24.5 Å². The van der Waals surface area contributed by atoms with Crippen LogP contribution in [0.2, 0.25) is 0 Å². The fourth-order valence-electron chi connectivity index (χ4n) is 2.25. The maximum Gasteiger partial charge on any atom is 0.136 e. The summed E-state index contributed by atoms with van der Waals surface area (Å²) >= 11 is 0. The third kappa shape index (κ3) is 2.21. The molecular weight excluding hydrogens is 210 g/mol. The van der Waals surface area contributed by atoms with Gasteiger partial charge in [-0.15, -0.1) is 0 Å². The smallest absolute Gasteiger partial charge is 0.136 e. The number of aryl methyl sites for hydroxylation is 1. The zero-order chi connectivity index (χ0) is 11.7. The highest BCUT2D eigenvalue weighted by Crippen LogP contribution is 2.31. The summed E-state index contributed by atoms with van der Waals surface area (Å²) in [5.41, 5.74) is 1.19. The van der Waals surface area contributed by atoms with Crippen LogP contribution in [0.15, 0.2) is 36.7 Å². The van der Waals surface area contributed by atoms with Gasteiger partial charge in [0.05, 0.1) is 0 Å².